The quantitative estimate of drug-likeness (QED) is 0.382. The first kappa shape index (κ1) is 22.6. The van der Waals surface area contributed by atoms with Crippen molar-refractivity contribution in [2.24, 2.45) is 10.9 Å². The van der Waals surface area contributed by atoms with Gasteiger partial charge in [-0.1, -0.05) is 0 Å². The molecule has 0 N–H and O–H groups in total. The number of rotatable bonds is 7. The molecular weight excluding hydrogens is 392 g/mol. The number of benzene rings is 1. The normalized spacial score (nSPS) is 11.0. The summed E-state index contributed by atoms with van der Waals surface area (Å²) < 4.78 is 9.81. The van der Waals surface area contributed by atoms with Crippen LogP contribution in [0.25, 0.3) is 10.9 Å². The number of aromatic nitrogens is 2. The Morgan fingerprint density at radius 3 is 2.17 bits per heavy atom. The Labute approximate surface area is 172 Å². The number of esters is 2. The van der Waals surface area contributed by atoms with Gasteiger partial charge in [0, 0.05) is 25.4 Å². The molecule has 0 saturated carbocycles. The van der Waals surface area contributed by atoms with Gasteiger partial charge >= 0.3 is 11.9 Å². The van der Waals surface area contributed by atoms with Crippen LogP contribution in [0.5, 0.6) is 0 Å². The largest absolute Gasteiger partial charge is 0.465 e. The van der Waals surface area contributed by atoms with E-state index < -0.39 is 29.7 Å². The van der Waals surface area contributed by atoms with Crippen molar-refractivity contribution in [3.8, 4) is 0 Å². The Balaban J connectivity index is 2.50. The topological polar surface area (TPSA) is 128 Å². The summed E-state index contributed by atoms with van der Waals surface area (Å²) in [7, 11) is 0. The number of carbonyl (C=O) groups excluding carboxylic acids is 4. The molecule has 2 amide bonds. The van der Waals surface area contributed by atoms with Gasteiger partial charge in [-0.2, -0.15) is 0 Å². The van der Waals surface area contributed by atoms with E-state index in [2.05, 4.69) is 15.0 Å². The van der Waals surface area contributed by atoms with Gasteiger partial charge in [0.25, 0.3) is 0 Å². The molecule has 0 aliphatic heterocycles. The fraction of sp³-hybridized carbons (Fsp3) is 0.350. The van der Waals surface area contributed by atoms with E-state index in [-0.39, 0.29) is 19.0 Å². The van der Waals surface area contributed by atoms with E-state index in [9.17, 15) is 19.2 Å². The van der Waals surface area contributed by atoms with E-state index >= 15 is 0 Å². The highest BCUT2D eigenvalue weighted by atomic mass is 16.6. The third kappa shape index (κ3) is 5.22. The lowest BCUT2D eigenvalue weighted by Gasteiger charge is -2.17. The second-order valence-corrected chi connectivity index (χ2v) is 6.03. The smallest absolute Gasteiger partial charge is 0.325 e. The first-order chi connectivity index (χ1) is 14.3. The molecule has 2 rings (SSSR count). The van der Waals surface area contributed by atoms with Crippen LogP contribution in [0.4, 0.5) is 11.5 Å². The fourth-order valence-corrected chi connectivity index (χ4v) is 2.69. The molecule has 0 aliphatic rings. The summed E-state index contributed by atoms with van der Waals surface area (Å²) in [5.74, 6) is -3.70. The molecule has 0 bridgehead atoms. The number of ether oxygens (including phenoxy) is 2. The molecule has 10 nitrogen and oxygen atoms in total. The Bertz CT molecular complexity index is 972. The molecule has 1 aromatic carbocycles. The molecule has 158 valence electrons. The van der Waals surface area contributed by atoms with Crippen LogP contribution in [0.15, 0.2) is 29.5 Å². The SMILES string of the molecule is CCOC(=O)C(C=Nc1ncnc2ccc(N(C(C)=O)C(C)=O)cc12)C(=O)OCC. The van der Waals surface area contributed by atoms with Crippen molar-refractivity contribution in [1.29, 1.82) is 0 Å². The number of nitrogens with zero attached hydrogens (tertiary/aromatic N) is 4. The number of fused-ring (bicyclic) bond motifs is 1. The number of carbonyl (C=O) groups is 4. The molecule has 0 spiro atoms. The second kappa shape index (κ2) is 10.2. The minimum Gasteiger partial charge on any atom is -0.465 e. The van der Waals surface area contributed by atoms with Gasteiger partial charge in [-0.05, 0) is 32.0 Å². The van der Waals surface area contributed by atoms with Crippen molar-refractivity contribution >= 4 is 52.4 Å². The lowest BCUT2D eigenvalue weighted by atomic mass is 10.1. The van der Waals surface area contributed by atoms with Crippen LogP contribution in [-0.4, -0.2) is 53.1 Å². The van der Waals surface area contributed by atoms with Gasteiger partial charge < -0.3 is 9.47 Å². The highest BCUT2D eigenvalue weighted by Gasteiger charge is 2.28. The maximum absolute atomic E-state index is 12.1. The zero-order valence-corrected chi connectivity index (χ0v) is 17.1. The number of anilines is 1. The van der Waals surface area contributed by atoms with Gasteiger partial charge in [0.15, 0.2) is 11.7 Å². The molecule has 1 aromatic heterocycles. The van der Waals surface area contributed by atoms with Gasteiger partial charge in [0.05, 0.1) is 24.4 Å². The maximum atomic E-state index is 12.1. The highest BCUT2D eigenvalue weighted by Crippen LogP contribution is 2.27. The molecule has 0 unspecified atom stereocenters. The molecule has 0 radical (unpaired) electrons. The van der Waals surface area contributed by atoms with Gasteiger partial charge in [-0.15, -0.1) is 0 Å². The average Bonchev–Trinajstić information content (AvgIpc) is 2.68. The van der Waals surface area contributed by atoms with E-state index in [1.54, 1.807) is 26.0 Å². The van der Waals surface area contributed by atoms with Crippen LogP contribution in [0, 0.1) is 5.92 Å². The van der Waals surface area contributed by atoms with Crippen molar-refractivity contribution in [3.05, 3.63) is 24.5 Å². The lowest BCUT2D eigenvalue weighted by Crippen LogP contribution is -2.32. The first-order valence-electron chi connectivity index (χ1n) is 9.23. The zero-order chi connectivity index (χ0) is 22.3. The average molecular weight is 414 g/mol. The Morgan fingerprint density at radius 1 is 1.03 bits per heavy atom. The Kier molecular flexibility index (Phi) is 7.68. The molecule has 10 heteroatoms. The fourth-order valence-electron chi connectivity index (χ4n) is 2.69. The number of imide groups is 1. The Hall–Kier alpha value is -3.69. The van der Waals surface area contributed by atoms with Crippen LogP contribution in [0.2, 0.25) is 0 Å². The number of hydrogen-bond donors (Lipinski definition) is 0. The number of aliphatic imine (C=N–C) groups is 1. The van der Waals surface area contributed by atoms with Crippen LogP contribution in [0.3, 0.4) is 0 Å². The van der Waals surface area contributed by atoms with Crippen molar-refractivity contribution < 1.29 is 28.7 Å². The molecule has 2 aromatic rings. The van der Waals surface area contributed by atoms with Crippen LogP contribution >= 0.6 is 0 Å². The summed E-state index contributed by atoms with van der Waals surface area (Å²) in [5.41, 5.74) is 0.817. The van der Waals surface area contributed by atoms with Crippen molar-refractivity contribution in [1.82, 2.24) is 9.97 Å². The lowest BCUT2D eigenvalue weighted by molar-refractivity contribution is -0.157. The predicted octanol–water partition coefficient (Wildman–Crippen LogP) is 1.97. The standard InChI is InChI=1S/C20H22N4O6/c1-5-29-19(27)16(20(28)30-6-2)10-21-18-15-9-14(24(12(3)25)13(4)26)7-8-17(15)22-11-23-18/h7-11,16H,5-6H2,1-4H3. The van der Waals surface area contributed by atoms with E-state index in [0.29, 0.717) is 16.6 Å². The molecule has 0 aliphatic carbocycles. The first-order valence-corrected chi connectivity index (χ1v) is 9.23. The minimum atomic E-state index is -1.36. The maximum Gasteiger partial charge on any atom is 0.325 e. The van der Waals surface area contributed by atoms with Gasteiger partial charge in [-0.3, -0.25) is 24.1 Å². The molecule has 0 saturated heterocycles. The van der Waals surface area contributed by atoms with E-state index in [0.717, 1.165) is 11.1 Å². The summed E-state index contributed by atoms with van der Waals surface area (Å²) >= 11 is 0. The van der Waals surface area contributed by atoms with E-state index in [1.165, 1.54) is 26.2 Å². The third-order valence-electron chi connectivity index (χ3n) is 3.91. The van der Waals surface area contributed by atoms with Crippen LogP contribution in [-0.2, 0) is 28.7 Å². The monoisotopic (exact) mass is 414 g/mol. The van der Waals surface area contributed by atoms with Crippen molar-refractivity contribution in [3.63, 3.8) is 0 Å². The molecular formula is C20H22N4O6. The summed E-state index contributed by atoms with van der Waals surface area (Å²) in [6.45, 7) is 5.96. The van der Waals surface area contributed by atoms with Crippen molar-refractivity contribution in [2.45, 2.75) is 27.7 Å². The highest BCUT2D eigenvalue weighted by molar-refractivity contribution is 6.14. The van der Waals surface area contributed by atoms with Gasteiger partial charge in [0.1, 0.15) is 6.33 Å². The molecule has 0 atom stereocenters. The van der Waals surface area contributed by atoms with E-state index in [1.807, 2.05) is 0 Å². The number of hydrogen-bond acceptors (Lipinski definition) is 9. The van der Waals surface area contributed by atoms with Crippen LogP contribution < -0.4 is 4.90 Å². The predicted molar refractivity (Wildman–Crippen MR) is 108 cm³/mol. The summed E-state index contributed by atoms with van der Waals surface area (Å²) in [6, 6.07) is 4.72. The summed E-state index contributed by atoms with van der Waals surface area (Å²) in [5, 5.41) is 0.421. The molecule has 30 heavy (non-hydrogen) atoms. The zero-order valence-electron chi connectivity index (χ0n) is 17.1. The van der Waals surface area contributed by atoms with Gasteiger partial charge in [0.2, 0.25) is 11.8 Å². The van der Waals surface area contributed by atoms with Crippen LogP contribution in [0.1, 0.15) is 27.7 Å². The van der Waals surface area contributed by atoms with E-state index in [4.69, 9.17) is 9.47 Å². The minimum absolute atomic E-state index is 0.0916. The second-order valence-electron chi connectivity index (χ2n) is 6.03. The molecule has 0 fully saturated rings. The van der Waals surface area contributed by atoms with Gasteiger partial charge in [-0.25, -0.2) is 15.0 Å². The summed E-state index contributed by atoms with van der Waals surface area (Å²) in [4.78, 5) is 61.3. The third-order valence-corrected chi connectivity index (χ3v) is 3.91. The van der Waals surface area contributed by atoms with Crippen molar-refractivity contribution in [2.75, 3.05) is 18.1 Å². The number of amides is 2. The summed E-state index contributed by atoms with van der Waals surface area (Å²) in [6.07, 6.45) is 2.37. The molecule has 1 heterocycles. The Morgan fingerprint density at radius 2 is 1.63 bits per heavy atom.